The maximum Gasteiger partial charge on any atom is 0.255 e. The number of carbonyl (C=O) groups excluding carboxylic acids is 1. The summed E-state index contributed by atoms with van der Waals surface area (Å²) in [7, 11) is 4.69. The zero-order chi connectivity index (χ0) is 22.7. The first-order valence-electron chi connectivity index (χ1n) is 9.99. The molecule has 0 saturated carbocycles. The summed E-state index contributed by atoms with van der Waals surface area (Å²) in [6.07, 6.45) is 2.25. The predicted octanol–water partition coefficient (Wildman–Crippen LogP) is 1.34. The van der Waals surface area contributed by atoms with Gasteiger partial charge in [-0.2, -0.15) is 0 Å². The first-order valence-corrected chi connectivity index (χ1v) is 9.99. The highest BCUT2D eigenvalue weighted by molar-refractivity contribution is 6.02. The van der Waals surface area contributed by atoms with Crippen molar-refractivity contribution in [2.45, 2.75) is 6.10 Å². The van der Waals surface area contributed by atoms with Crippen molar-refractivity contribution in [1.82, 2.24) is 19.5 Å². The van der Waals surface area contributed by atoms with E-state index in [1.165, 1.54) is 24.1 Å². The molecule has 0 radical (unpaired) electrons. The molecule has 1 unspecified atom stereocenters. The lowest BCUT2D eigenvalue weighted by molar-refractivity contribution is 0.0334. The number of Topliss-reactive ketones (excluding diaryl/α,β-unsaturated/α-hetero) is 1. The van der Waals surface area contributed by atoms with E-state index < -0.39 is 6.10 Å². The molecule has 0 spiro atoms. The maximum absolute atomic E-state index is 13.2. The van der Waals surface area contributed by atoms with E-state index in [0.29, 0.717) is 47.6 Å². The molecular weight excluding hydrogens is 414 g/mol. The van der Waals surface area contributed by atoms with Crippen molar-refractivity contribution >= 4 is 11.7 Å². The summed E-state index contributed by atoms with van der Waals surface area (Å²) in [5.74, 6) is 1.22. The van der Waals surface area contributed by atoms with Gasteiger partial charge in [-0.25, -0.2) is 15.0 Å². The van der Waals surface area contributed by atoms with E-state index in [1.54, 1.807) is 44.6 Å². The fourth-order valence-electron chi connectivity index (χ4n) is 3.55. The summed E-state index contributed by atoms with van der Waals surface area (Å²) in [6.45, 7) is 1.03. The quantitative estimate of drug-likeness (QED) is 0.528. The summed E-state index contributed by atoms with van der Waals surface area (Å²) < 4.78 is 17.8. The lowest BCUT2D eigenvalue weighted by Gasteiger charge is -2.33. The van der Waals surface area contributed by atoms with Gasteiger partial charge in [0.1, 0.15) is 23.9 Å². The number of carbonyl (C=O) groups is 1. The van der Waals surface area contributed by atoms with Crippen molar-refractivity contribution in [3.05, 3.63) is 58.8 Å². The second-order valence-electron chi connectivity index (χ2n) is 7.17. The highest BCUT2D eigenvalue weighted by atomic mass is 16.5. The lowest BCUT2D eigenvalue weighted by Crippen LogP contribution is -2.48. The van der Waals surface area contributed by atoms with Crippen molar-refractivity contribution < 1.29 is 19.0 Å². The van der Waals surface area contributed by atoms with Crippen LogP contribution in [0.4, 0.5) is 5.95 Å². The van der Waals surface area contributed by atoms with E-state index in [0.717, 1.165) is 0 Å². The van der Waals surface area contributed by atoms with Crippen LogP contribution < -0.4 is 19.9 Å². The molecule has 2 aromatic heterocycles. The van der Waals surface area contributed by atoms with Crippen LogP contribution in [0, 0.1) is 0 Å². The molecule has 0 aliphatic carbocycles. The first-order chi connectivity index (χ1) is 15.5. The van der Waals surface area contributed by atoms with Gasteiger partial charge in [0.05, 0.1) is 44.3 Å². The predicted molar refractivity (Wildman–Crippen MR) is 116 cm³/mol. The van der Waals surface area contributed by atoms with Gasteiger partial charge in [0.25, 0.3) is 5.56 Å². The third-order valence-corrected chi connectivity index (χ3v) is 5.27. The molecule has 10 nitrogen and oxygen atoms in total. The molecule has 1 aliphatic rings. The summed E-state index contributed by atoms with van der Waals surface area (Å²) in [4.78, 5) is 40.4. The topological polar surface area (TPSA) is 109 Å². The van der Waals surface area contributed by atoms with Crippen LogP contribution in [-0.4, -0.2) is 65.3 Å². The Balaban J connectivity index is 1.63. The molecule has 1 saturated heterocycles. The smallest absolute Gasteiger partial charge is 0.255 e. The monoisotopic (exact) mass is 437 g/mol. The summed E-state index contributed by atoms with van der Waals surface area (Å²) >= 11 is 0. The van der Waals surface area contributed by atoms with Gasteiger partial charge >= 0.3 is 0 Å². The SMILES string of the molecule is COc1ccc(C(=O)C2CN(c3nc(-c4ccncn4)cc(=O)n3C)CCO2)c(OC)c1. The fraction of sp³-hybridized carbons (Fsp3) is 0.318. The molecule has 10 heteroatoms. The van der Waals surface area contributed by atoms with Crippen LogP contribution in [0.25, 0.3) is 11.4 Å². The zero-order valence-corrected chi connectivity index (χ0v) is 18.0. The van der Waals surface area contributed by atoms with Crippen molar-refractivity contribution in [2.24, 2.45) is 7.05 Å². The van der Waals surface area contributed by atoms with E-state index in [1.807, 2.05) is 4.90 Å². The van der Waals surface area contributed by atoms with Gasteiger partial charge in [0.2, 0.25) is 5.95 Å². The fourth-order valence-corrected chi connectivity index (χ4v) is 3.55. The Bertz CT molecular complexity index is 1180. The number of benzene rings is 1. The van der Waals surface area contributed by atoms with Gasteiger partial charge < -0.3 is 19.1 Å². The van der Waals surface area contributed by atoms with E-state index in [2.05, 4.69) is 15.0 Å². The minimum atomic E-state index is -0.745. The second-order valence-corrected chi connectivity index (χ2v) is 7.17. The molecule has 3 heterocycles. The number of rotatable bonds is 6. The van der Waals surface area contributed by atoms with Crippen LogP contribution in [0.15, 0.2) is 47.7 Å². The Morgan fingerprint density at radius 2 is 2.00 bits per heavy atom. The molecule has 166 valence electrons. The number of aromatic nitrogens is 4. The largest absolute Gasteiger partial charge is 0.497 e. The average molecular weight is 437 g/mol. The minimum Gasteiger partial charge on any atom is -0.497 e. The molecule has 1 aromatic carbocycles. The van der Waals surface area contributed by atoms with Crippen LogP contribution in [0.5, 0.6) is 11.5 Å². The summed E-state index contributed by atoms with van der Waals surface area (Å²) in [6, 6.07) is 8.13. The molecule has 0 amide bonds. The number of morpholine rings is 1. The average Bonchev–Trinajstić information content (AvgIpc) is 2.85. The molecule has 3 aromatic rings. The number of nitrogens with zero attached hydrogens (tertiary/aromatic N) is 5. The summed E-state index contributed by atoms with van der Waals surface area (Å²) in [5, 5.41) is 0. The van der Waals surface area contributed by atoms with E-state index in [9.17, 15) is 9.59 Å². The Labute approximate surface area is 184 Å². The molecule has 1 fully saturated rings. The maximum atomic E-state index is 13.2. The van der Waals surface area contributed by atoms with Crippen molar-refractivity contribution in [2.75, 3.05) is 38.8 Å². The normalized spacial score (nSPS) is 16.0. The Kier molecular flexibility index (Phi) is 6.13. The third kappa shape index (κ3) is 4.17. The molecule has 32 heavy (non-hydrogen) atoms. The van der Waals surface area contributed by atoms with Crippen molar-refractivity contribution in [3.8, 4) is 22.9 Å². The molecule has 1 aliphatic heterocycles. The number of ether oxygens (including phenoxy) is 3. The van der Waals surface area contributed by atoms with Gasteiger partial charge in [-0.3, -0.25) is 14.2 Å². The van der Waals surface area contributed by atoms with Crippen molar-refractivity contribution in [1.29, 1.82) is 0 Å². The van der Waals surface area contributed by atoms with Crippen LogP contribution in [0.1, 0.15) is 10.4 Å². The molecular formula is C22H23N5O5. The number of hydrogen-bond acceptors (Lipinski definition) is 9. The van der Waals surface area contributed by atoms with Gasteiger partial charge in [-0.1, -0.05) is 0 Å². The van der Waals surface area contributed by atoms with Crippen molar-refractivity contribution in [3.63, 3.8) is 0 Å². The van der Waals surface area contributed by atoms with Crippen LogP contribution in [0.2, 0.25) is 0 Å². The minimum absolute atomic E-state index is 0.217. The Morgan fingerprint density at radius 3 is 2.72 bits per heavy atom. The van der Waals surface area contributed by atoms with Gasteiger partial charge in [0.15, 0.2) is 5.78 Å². The highest BCUT2D eigenvalue weighted by Crippen LogP contribution is 2.27. The highest BCUT2D eigenvalue weighted by Gasteiger charge is 2.31. The van der Waals surface area contributed by atoms with Crippen LogP contribution in [0.3, 0.4) is 0 Å². The van der Waals surface area contributed by atoms with Crippen LogP contribution in [-0.2, 0) is 11.8 Å². The molecule has 1 atom stereocenters. The molecule has 0 bridgehead atoms. The second kappa shape index (κ2) is 9.15. The third-order valence-electron chi connectivity index (χ3n) is 5.27. The Morgan fingerprint density at radius 1 is 1.16 bits per heavy atom. The van der Waals surface area contributed by atoms with Gasteiger partial charge in [-0.05, 0) is 18.2 Å². The van der Waals surface area contributed by atoms with Gasteiger partial charge in [-0.15, -0.1) is 0 Å². The number of ketones is 1. The standard InChI is InChI=1S/C22H23N5O5/c1-26-20(28)11-17(16-6-7-23-13-24-16)25-22(26)27-8-9-32-19(12-27)21(29)15-5-4-14(30-2)10-18(15)31-3/h4-7,10-11,13,19H,8-9,12H2,1-3H3. The lowest BCUT2D eigenvalue weighted by atomic mass is 10.0. The van der Waals surface area contributed by atoms with E-state index in [-0.39, 0.29) is 17.9 Å². The number of hydrogen-bond donors (Lipinski definition) is 0. The molecule has 4 rings (SSSR count). The Hall–Kier alpha value is -3.79. The number of anilines is 1. The van der Waals surface area contributed by atoms with Gasteiger partial charge in [0, 0.05) is 31.9 Å². The zero-order valence-electron chi connectivity index (χ0n) is 18.0. The summed E-state index contributed by atoms with van der Waals surface area (Å²) in [5.41, 5.74) is 1.16. The number of methoxy groups -OCH3 is 2. The van der Waals surface area contributed by atoms with Crippen LogP contribution >= 0.6 is 0 Å². The van der Waals surface area contributed by atoms with E-state index in [4.69, 9.17) is 14.2 Å². The molecule has 0 N–H and O–H groups in total. The van der Waals surface area contributed by atoms with E-state index >= 15 is 0 Å². The first kappa shape index (κ1) is 21.4.